The molecule has 0 aromatic heterocycles. The van der Waals surface area contributed by atoms with Gasteiger partial charge in [-0.2, -0.15) is 0 Å². The normalized spacial score (nSPS) is 22.5. The first-order chi connectivity index (χ1) is 9.40. The molecule has 0 amide bonds. The second kappa shape index (κ2) is 6.03. The molecule has 0 unspecified atom stereocenters. The minimum Gasteiger partial charge on any atom is -0.311 e. The van der Waals surface area contributed by atoms with Crippen molar-refractivity contribution in [2.75, 3.05) is 0 Å². The molecule has 3 rings (SSSR count). The number of benzene rings is 2. The molecule has 2 aromatic carbocycles. The second-order valence-electron chi connectivity index (χ2n) is 5.52. The Morgan fingerprint density at radius 1 is 0.684 bits per heavy atom. The first-order valence-electron chi connectivity index (χ1n) is 7.24. The monoisotopic (exact) mass is 251 g/mol. The van der Waals surface area contributed by atoms with Gasteiger partial charge in [0.05, 0.1) is 0 Å². The maximum absolute atomic E-state index is 3.79. The van der Waals surface area contributed by atoms with Gasteiger partial charge in [0.15, 0.2) is 0 Å². The van der Waals surface area contributed by atoms with Crippen molar-refractivity contribution < 1.29 is 0 Å². The lowest BCUT2D eigenvalue weighted by molar-refractivity contribution is 0.532. The molecule has 0 spiro atoms. The molecule has 0 bridgehead atoms. The van der Waals surface area contributed by atoms with E-state index in [4.69, 9.17) is 0 Å². The third kappa shape index (κ3) is 3.45. The van der Waals surface area contributed by atoms with Crippen LogP contribution in [0.4, 0.5) is 0 Å². The fourth-order valence-corrected chi connectivity index (χ4v) is 3.02. The van der Waals surface area contributed by atoms with E-state index >= 15 is 0 Å². The summed E-state index contributed by atoms with van der Waals surface area (Å²) in [4.78, 5) is 0. The van der Waals surface area contributed by atoms with Crippen LogP contribution in [0.5, 0.6) is 0 Å². The quantitative estimate of drug-likeness (QED) is 0.875. The Morgan fingerprint density at radius 2 is 1.11 bits per heavy atom. The molecule has 1 saturated heterocycles. The van der Waals surface area contributed by atoms with Gasteiger partial charge < -0.3 is 5.32 Å². The van der Waals surface area contributed by atoms with E-state index < -0.39 is 0 Å². The van der Waals surface area contributed by atoms with E-state index in [1.54, 1.807) is 0 Å². The summed E-state index contributed by atoms with van der Waals surface area (Å²) in [5.74, 6) is 0. The predicted octanol–water partition coefficient (Wildman–Crippen LogP) is 3.59. The number of hydrogen-bond donors (Lipinski definition) is 1. The molecule has 2 aromatic rings. The molecule has 1 N–H and O–H groups in total. The molecule has 0 radical (unpaired) electrons. The van der Waals surface area contributed by atoms with Gasteiger partial charge in [-0.15, -0.1) is 0 Å². The Balaban J connectivity index is 1.53. The number of rotatable bonds is 4. The lowest BCUT2D eigenvalue weighted by atomic mass is 10.0. The Morgan fingerprint density at radius 3 is 1.53 bits per heavy atom. The van der Waals surface area contributed by atoms with Crippen molar-refractivity contribution in [2.24, 2.45) is 0 Å². The molecule has 0 aliphatic carbocycles. The average Bonchev–Trinajstić information content (AvgIpc) is 2.88. The SMILES string of the molecule is c1ccc(C[C@H]2CC[C@@H](Cc3ccccc3)N2)cc1. The molecule has 98 valence electrons. The summed E-state index contributed by atoms with van der Waals surface area (Å²) in [6.45, 7) is 0. The van der Waals surface area contributed by atoms with Gasteiger partial charge in [0.25, 0.3) is 0 Å². The zero-order valence-electron chi connectivity index (χ0n) is 11.3. The first-order valence-corrected chi connectivity index (χ1v) is 7.24. The van der Waals surface area contributed by atoms with E-state index in [0.717, 1.165) is 12.8 Å². The van der Waals surface area contributed by atoms with Gasteiger partial charge in [0, 0.05) is 12.1 Å². The number of hydrogen-bond acceptors (Lipinski definition) is 1. The van der Waals surface area contributed by atoms with Crippen molar-refractivity contribution in [1.29, 1.82) is 0 Å². The minimum atomic E-state index is 0.649. The van der Waals surface area contributed by atoms with Crippen LogP contribution < -0.4 is 5.32 Å². The Bertz CT molecular complexity index is 444. The van der Waals surface area contributed by atoms with Gasteiger partial charge in [0.1, 0.15) is 0 Å². The summed E-state index contributed by atoms with van der Waals surface area (Å²) in [5.41, 5.74) is 2.89. The van der Waals surface area contributed by atoms with Crippen LogP contribution in [-0.2, 0) is 12.8 Å². The van der Waals surface area contributed by atoms with Crippen molar-refractivity contribution in [3.05, 3.63) is 71.8 Å². The minimum absolute atomic E-state index is 0.649. The van der Waals surface area contributed by atoms with E-state index in [1.807, 2.05) is 0 Å². The molecule has 1 nitrogen and oxygen atoms in total. The van der Waals surface area contributed by atoms with Gasteiger partial charge in [-0.1, -0.05) is 60.7 Å². The maximum atomic E-state index is 3.79. The van der Waals surface area contributed by atoms with Crippen molar-refractivity contribution in [2.45, 2.75) is 37.8 Å². The smallest absolute Gasteiger partial charge is 0.0111 e. The van der Waals surface area contributed by atoms with E-state index in [1.165, 1.54) is 24.0 Å². The summed E-state index contributed by atoms with van der Waals surface area (Å²) in [5, 5.41) is 3.79. The van der Waals surface area contributed by atoms with Gasteiger partial charge >= 0.3 is 0 Å². The molecular weight excluding hydrogens is 230 g/mol. The average molecular weight is 251 g/mol. The Hall–Kier alpha value is -1.60. The fourth-order valence-electron chi connectivity index (χ4n) is 3.02. The largest absolute Gasteiger partial charge is 0.311 e. The van der Waals surface area contributed by atoms with Crippen LogP contribution in [0.25, 0.3) is 0 Å². The third-order valence-electron chi connectivity index (χ3n) is 3.98. The topological polar surface area (TPSA) is 12.0 Å². The molecule has 1 aliphatic rings. The first kappa shape index (κ1) is 12.4. The zero-order chi connectivity index (χ0) is 12.9. The number of nitrogens with one attached hydrogen (secondary N) is 1. The summed E-state index contributed by atoms with van der Waals surface area (Å²) in [7, 11) is 0. The van der Waals surface area contributed by atoms with Gasteiger partial charge in [-0.05, 0) is 36.8 Å². The molecule has 1 heterocycles. The molecule has 19 heavy (non-hydrogen) atoms. The Kier molecular flexibility index (Phi) is 3.95. The van der Waals surface area contributed by atoms with Crippen LogP contribution in [0.15, 0.2) is 60.7 Å². The standard InChI is InChI=1S/C18H21N/c1-3-7-15(8-4-1)13-17-11-12-18(19-17)14-16-9-5-2-6-10-16/h1-10,17-19H,11-14H2/t17-,18+. The highest BCUT2D eigenvalue weighted by Gasteiger charge is 2.23. The van der Waals surface area contributed by atoms with Gasteiger partial charge in [0.2, 0.25) is 0 Å². The highest BCUT2D eigenvalue weighted by atomic mass is 15.0. The highest BCUT2D eigenvalue weighted by molar-refractivity contribution is 5.18. The van der Waals surface area contributed by atoms with Crippen molar-refractivity contribution in [1.82, 2.24) is 5.32 Å². The van der Waals surface area contributed by atoms with Crippen LogP contribution in [-0.4, -0.2) is 12.1 Å². The predicted molar refractivity (Wildman–Crippen MR) is 80.2 cm³/mol. The van der Waals surface area contributed by atoms with Gasteiger partial charge in [-0.25, -0.2) is 0 Å². The molecule has 2 atom stereocenters. The van der Waals surface area contributed by atoms with Crippen LogP contribution in [0.3, 0.4) is 0 Å². The van der Waals surface area contributed by atoms with Crippen molar-refractivity contribution >= 4 is 0 Å². The van der Waals surface area contributed by atoms with Crippen LogP contribution >= 0.6 is 0 Å². The molecule has 1 aliphatic heterocycles. The van der Waals surface area contributed by atoms with E-state index in [9.17, 15) is 0 Å². The molecular formula is C18H21N. The summed E-state index contributed by atoms with van der Waals surface area (Å²) >= 11 is 0. The maximum Gasteiger partial charge on any atom is 0.0111 e. The van der Waals surface area contributed by atoms with Crippen LogP contribution in [0, 0.1) is 0 Å². The van der Waals surface area contributed by atoms with Crippen LogP contribution in [0.2, 0.25) is 0 Å². The molecule has 1 fully saturated rings. The lowest BCUT2D eigenvalue weighted by Crippen LogP contribution is -2.32. The van der Waals surface area contributed by atoms with E-state index in [0.29, 0.717) is 12.1 Å². The molecule has 0 saturated carbocycles. The second-order valence-corrected chi connectivity index (χ2v) is 5.52. The van der Waals surface area contributed by atoms with Crippen LogP contribution in [0.1, 0.15) is 24.0 Å². The van der Waals surface area contributed by atoms with Crippen molar-refractivity contribution in [3.63, 3.8) is 0 Å². The summed E-state index contributed by atoms with van der Waals surface area (Å²) in [6.07, 6.45) is 4.91. The van der Waals surface area contributed by atoms with E-state index in [-0.39, 0.29) is 0 Å². The highest BCUT2D eigenvalue weighted by Crippen LogP contribution is 2.19. The third-order valence-corrected chi connectivity index (χ3v) is 3.98. The zero-order valence-corrected chi connectivity index (χ0v) is 11.3. The van der Waals surface area contributed by atoms with Crippen molar-refractivity contribution in [3.8, 4) is 0 Å². The lowest BCUT2D eigenvalue weighted by Gasteiger charge is -2.14. The fraction of sp³-hybridized carbons (Fsp3) is 0.333. The summed E-state index contributed by atoms with van der Waals surface area (Å²) in [6, 6.07) is 22.9. The van der Waals surface area contributed by atoms with E-state index in [2.05, 4.69) is 66.0 Å². The van der Waals surface area contributed by atoms with Gasteiger partial charge in [-0.3, -0.25) is 0 Å². The summed E-state index contributed by atoms with van der Waals surface area (Å²) < 4.78 is 0. The Labute approximate surface area is 115 Å². The molecule has 1 heteroatoms.